The smallest absolute Gasteiger partial charge is 0.260 e. The van der Waals surface area contributed by atoms with Crippen molar-refractivity contribution in [1.29, 1.82) is 0 Å². The number of pyridine rings is 1. The van der Waals surface area contributed by atoms with Crippen molar-refractivity contribution >= 4 is 21.6 Å². The second kappa shape index (κ2) is 4.81. The number of nitrogens with zero attached hydrogens (tertiary/aromatic N) is 3. The molecule has 0 saturated carbocycles. The molecule has 0 radical (unpaired) electrons. The van der Waals surface area contributed by atoms with Gasteiger partial charge in [0.25, 0.3) is 5.89 Å². The summed E-state index contributed by atoms with van der Waals surface area (Å²) in [6, 6.07) is 9.42. The highest BCUT2D eigenvalue weighted by molar-refractivity contribution is 9.10. The molecule has 2 N–H and O–H groups in total. The number of rotatable bonds is 2. The zero-order valence-electron chi connectivity index (χ0n) is 9.75. The molecule has 5 nitrogen and oxygen atoms in total. The summed E-state index contributed by atoms with van der Waals surface area (Å²) in [5.41, 5.74) is 7.88. The lowest BCUT2D eigenvalue weighted by Crippen LogP contribution is -1.91. The largest absolute Gasteiger partial charge is 0.397 e. The summed E-state index contributed by atoms with van der Waals surface area (Å²) >= 11 is 3.46. The molecule has 0 fully saturated rings. The molecule has 0 bridgehead atoms. The number of nitrogen functional groups attached to an aromatic ring is 1. The van der Waals surface area contributed by atoms with E-state index in [9.17, 15) is 0 Å². The first-order chi connectivity index (χ1) is 9.25. The van der Waals surface area contributed by atoms with Crippen molar-refractivity contribution in [3.05, 3.63) is 47.2 Å². The molecule has 0 aliphatic rings. The number of hydrogen-bond donors (Lipinski definition) is 1. The number of hydrogen-bond acceptors (Lipinski definition) is 5. The number of benzene rings is 1. The average molecular weight is 317 g/mol. The van der Waals surface area contributed by atoms with Crippen LogP contribution in [0.15, 0.2) is 51.7 Å². The summed E-state index contributed by atoms with van der Waals surface area (Å²) in [7, 11) is 0. The Kier molecular flexibility index (Phi) is 3.00. The minimum atomic E-state index is 0.380. The molecule has 2 aromatic heterocycles. The van der Waals surface area contributed by atoms with Crippen LogP contribution in [-0.2, 0) is 0 Å². The fourth-order valence-corrected chi connectivity index (χ4v) is 2.15. The third-order valence-electron chi connectivity index (χ3n) is 2.62. The van der Waals surface area contributed by atoms with Gasteiger partial charge in [-0.3, -0.25) is 4.98 Å². The molecule has 94 valence electrons. The van der Waals surface area contributed by atoms with Crippen molar-refractivity contribution in [2.75, 3.05) is 5.73 Å². The van der Waals surface area contributed by atoms with Gasteiger partial charge in [0.05, 0.1) is 17.4 Å². The Balaban J connectivity index is 2.06. The summed E-state index contributed by atoms with van der Waals surface area (Å²) in [6.07, 6.45) is 3.19. The Morgan fingerprint density at radius 2 is 1.95 bits per heavy atom. The van der Waals surface area contributed by atoms with E-state index in [2.05, 4.69) is 31.1 Å². The van der Waals surface area contributed by atoms with Crippen LogP contribution in [0, 0.1) is 0 Å². The Hall–Kier alpha value is -2.21. The monoisotopic (exact) mass is 316 g/mol. The van der Waals surface area contributed by atoms with Gasteiger partial charge in [0.1, 0.15) is 0 Å². The van der Waals surface area contributed by atoms with Gasteiger partial charge in [-0.2, -0.15) is 4.98 Å². The molecule has 0 spiro atoms. The molecule has 0 unspecified atom stereocenters. The van der Waals surface area contributed by atoms with E-state index in [0.29, 0.717) is 23.0 Å². The molecule has 0 amide bonds. The van der Waals surface area contributed by atoms with Gasteiger partial charge >= 0.3 is 0 Å². The zero-order chi connectivity index (χ0) is 13.2. The zero-order valence-corrected chi connectivity index (χ0v) is 11.3. The molecule has 0 aliphatic heterocycles. The minimum Gasteiger partial charge on any atom is -0.397 e. The van der Waals surface area contributed by atoms with Gasteiger partial charge in [-0.15, -0.1) is 0 Å². The van der Waals surface area contributed by atoms with Crippen LogP contribution in [0.25, 0.3) is 22.8 Å². The molecule has 19 heavy (non-hydrogen) atoms. The average Bonchev–Trinajstić information content (AvgIpc) is 2.89. The molecule has 6 heteroatoms. The maximum absolute atomic E-state index is 5.83. The standard InChI is InChI=1S/C13H9BrN4O/c14-10-4-2-1-3-8(10)12-17-13(19-18-12)9-5-6-16-7-11(9)15/h1-7H,15H2. The Morgan fingerprint density at radius 3 is 2.74 bits per heavy atom. The lowest BCUT2D eigenvalue weighted by Gasteiger charge is -1.98. The molecule has 3 aromatic rings. The SMILES string of the molecule is Nc1cnccc1-c1nc(-c2ccccc2Br)no1. The van der Waals surface area contributed by atoms with Gasteiger partial charge in [0, 0.05) is 16.2 Å². The van der Waals surface area contributed by atoms with Crippen LogP contribution in [0.4, 0.5) is 5.69 Å². The highest BCUT2D eigenvalue weighted by Crippen LogP contribution is 2.29. The van der Waals surface area contributed by atoms with Crippen molar-refractivity contribution < 1.29 is 4.52 Å². The van der Waals surface area contributed by atoms with Crippen LogP contribution in [0.1, 0.15) is 0 Å². The highest BCUT2D eigenvalue weighted by Gasteiger charge is 2.14. The molecule has 0 aliphatic carbocycles. The minimum absolute atomic E-state index is 0.380. The fraction of sp³-hybridized carbons (Fsp3) is 0. The lowest BCUT2D eigenvalue weighted by molar-refractivity contribution is 0.432. The van der Waals surface area contributed by atoms with Crippen molar-refractivity contribution in [1.82, 2.24) is 15.1 Å². The molecular formula is C13H9BrN4O. The third kappa shape index (κ3) is 2.22. The van der Waals surface area contributed by atoms with E-state index in [4.69, 9.17) is 10.3 Å². The van der Waals surface area contributed by atoms with Crippen LogP contribution < -0.4 is 5.73 Å². The van der Waals surface area contributed by atoms with E-state index >= 15 is 0 Å². The van der Waals surface area contributed by atoms with Gasteiger partial charge in [0.2, 0.25) is 5.82 Å². The molecule has 0 atom stereocenters. The Morgan fingerprint density at radius 1 is 1.11 bits per heavy atom. The van der Waals surface area contributed by atoms with Crippen LogP contribution in [0.2, 0.25) is 0 Å². The molecule has 3 rings (SSSR count). The van der Waals surface area contributed by atoms with Gasteiger partial charge in [-0.1, -0.05) is 33.2 Å². The van der Waals surface area contributed by atoms with E-state index in [1.807, 2.05) is 24.3 Å². The second-order valence-electron chi connectivity index (χ2n) is 3.87. The van der Waals surface area contributed by atoms with E-state index in [0.717, 1.165) is 10.0 Å². The van der Waals surface area contributed by atoms with Crippen molar-refractivity contribution in [3.8, 4) is 22.8 Å². The van der Waals surface area contributed by atoms with Gasteiger partial charge in [-0.25, -0.2) is 0 Å². The quantitative estimate of drug-likeness (QED) is 0.785. The molecule has 0 saturated heterocycles. The van der Waals surface area contributed by atoms with Gasteiger partial charge in [-0.05, 0) is 18.2 Å². The first-order valence-corrected chi connectivity index (χ1v) is 6.33. The van der Waals surface area contributed by atoms with E-state index in [1.54, 1.807) is 18.5 Å². The number of anilines is 1. The summed E-state index contributed by atoms with van der Waals surface area (Å²) in [5.74, 6) is 0.893. The maximum atomic E-state index is 5.83. The topological polar surface area (TPSA) is 77.8 Å². The van der Waals surface area contributed by atoms with Crippen molar-refractivity contribution in [3.63, 3.8) is 0 Å². The highest BCUT2D eigenvalue weighted by atomic mass is 79.9. The number of nitrogens with two attached hydrogens (primary N) is 1. The van der Waals surface area contributed by atoms with Gasteiger partial charge in [0.15, 0.2) is 0 Å². The van der Waals surface area contributed by atoms with Crippen LogP contribution in [0.5, 0.6) is 0 Å². The number of halogens is 1. The van der Waals surface area contributed by atoms with E-state index in [-0.39, 0.29) is 0 Å². The Bertz CT molecular complexity index is 666. The predicted molar refractivity (Wildman–Crippen MR) is 75.1 cm³/mol. The van der Waals surface area contributed by atoms with E-state index in [1.165, 1.54) is 0 Å². The molecule has 1 aromatic carbocycles. The fourth-order valence-electron chi connectivity index (χ4n) is 1.69. The third-order valence-corrected chi connectivity index (χ3v) is 3.31. The summed E-state index contributed by atoms with van der Waals surface area (Å²) in [5, 5.41) is 3.97. The van der Waals surface area contributed by atoms with Crippen molar-refractivity contribution in [2.45, 2.75) is 0 Å². The Labute approximate surface area is 117 Å². The first kappa shape index (κ1) is 11.9. The van der Waals surface area contributed by atoms with Crippen molar-refractivity contribution in [2.24, 2.45) is 0 Å². The normalized spacial score (nSPS) is 10.6. The first-order valence-electron chi connectivity index (χ1n) is 5.54. The van der Waals surface area contributed by atoms with Crippen LogP contribution >= 0.6 is 15.9 Å². The lowest BCUT2D eigenvalue weighted by atomic mass is 10.2. The van der Waals surface area contributed by atoms with Crippen LogP contribution in [0.3, 0.4) is 0 Å². The van der Waals surface area contributed by atoms with Crippen LogP contribution in [-0.4, -0.2) is 15.1 Å². The molecular weight excluding hydrogens is 308 g/mol. The molecule has 2 heterocycles. The summed E-state index contributed by atoms with van der Waals surface area (Å²) in [6.45, 7) is 0. The van der Waals surface area contributed by atoms with E-state index < -0.39 is 0 Å². The van der Waals surface area contributed by atoms with Gasteiger partial charge < -0.3 is 10.3 Å². The second-order valence-corrected chi connectivity index (χ2v) is 4.72. The summed E-state index contributed by atoms with van der Waals surface area (Å²) < 4.78 is 6.16. The maximum Gasteiger partial charge on any atom is 0.260 e. The summed E-state index contributed by atoms with van der Waals surface area (Å²) in [4.78, 5) is 8.28. The predicted octanol–water partition coefficient (Wildman–Crippen LogP) is 3.14. The number of aromatic nitrogens is 3.